The number of amides is 2. The molecule has 1 saturated heterocycles. The van der Waals surface area contributed by atoms with Crippen molar-refractivity contribution in [3.8, 4) is 5.75 Å². The minimum atomic E-state index is -0.00447. The van der Waals surface area contributed by atoms with Gasteiger partial charge in [0.05, 0.1) is 15.2 Å². The quantitative estimate of drug-likeness (QED) is 0.622. The smallest absolute Gasteiger partial charge is 0.260 e. The number of piperidine rings is 1. The van der Waals surface area contributed by atoms with Gasteiger partial charge in [0.1, 0.15) is 5.75 Å². The molecule has 0 radical (unpaired) electrons. The van der Waals surface area contributed by atoms with Crippen LogP contribution in [0.5, 0.6) is 5.75 Å². The number of aromatic nitrogens is 1. The van der Waals surface area contributed by atoms with Crippen LogP contribution >= 0.6 is 11.3 Å². The fraction of sp³-hybridized carbons (Fsp3) is 0.375. The lowest BCUT2D eigenvalue weighted by molar-refractivity contribution is -0.134. The normalized spacial score (nSPS) is 17.0. The highest BCUT2D eigenvalue weighted by Gasteiger charge is 2.29. The average molecular weight is 436 g/mol. The zero-order valence-corrected chi connectivity index (χ0v) is 18.1. The first kappa shape index (κ1) is 20.0. The standard InChI is InChI=1S/C24H25N3O3S/c28-22(15-30-19-5-3-4-18(14-19)25-23(29)16-8-9-16)27-12-10-17(11-13-27)24-26-20-6-1-2-7-21(20)31-24/h1-7,14,16-17H,8-13,15H2,(H,25,29). The lowest BCUT2D eigenvalue weighted by Crippen LogP contribution is -2.40. The maximum absolute atomic E-state index is 12.6. The molecule has 0 atom stereocenters. The molecule has 0 spiro atoms. The van der Waals surface area contributed by atoms with Crippen LogP contribution in [0.4, 0.5) is 5.69 Å². The summed E-state index contributed by atoms with van der Waals surface area (Å²) < 4.78 is 6.94. The molecule has 31 heavy (non-hydrogen) atoms. The van der Waals surface area contributed by atoms with E-state index >= 15 is 0 Å². The third-order valence-corrected chi connectivity index (χ3v) is 7.12. The van der Waals surface area contributed by atoms with E-state index in [-0.39, 0.29) is 24.3 Å². The van der Waals surface area contributed by atoms with Crippen LogP contribution in [0, 0.1) is 5.92 Å². The first-order chi connectivity index (χ1) is 15.2. The van der Waals surface area contributed by atoms with Crippen LogP contribution in [0.15, 0.2) is 48.5 Å². The summed E-state index contributed by atoms with van der Waals surface area (Å²) in [5, 5.41) is 4.08. The van der Waals surface area contributed by atoms with Crippen LogP contribution in [0.25, 0.3) is 10.2 Å². The van der Waals surface area contributed by atoms with Crippen molar-refractivity contribution in [1.82, 2.24) is 9.88 Å². The zero-order chi connectivity index (χ0) is 21.2. The molecule has 2 fully saturated rings. The van der Waals surface area contributed by atoms with Crippen molar-refractivity contribution in [1.29, 1.82) is 0 Å². The lowest BCUT2D eigenvalue weighted by Gasteiger charge is -2.31. The number of rotatable bonds is 6. The van der Waals surface area contributed by atoms with E-state index in [4.69, 9.17) is 9.72 Å². The van der Waals surface area contributed by atoms with Crippen molar-refractivity contribution in [2.45, 2.75) is 31.6 Å². The van der Waals surface area contributed by atoms with Gasteiger partial charge in [-0.15, -0.1) is 11.3 Å². The summed E-state index contributed by atoms with van der Waals surface area (Å²) in [5.74, 6) is 1.21. The van der Waals surface area contributed by atoms with Gasteiger partial charge < -0.3 is 15.0 Å². The van der Waals surface area contributed by atoms with Crippen LogP contribution in [0.1, 0.15) is 36.6 Å². The lowest BCUT2D eigenvalue weighted by atomic mass is 9.97. The summed E-state index contributed by atoms with van der Waals surface area (Å²) in [7, 11) is 0. The average Bonchev–Trinajstić information content (AvgIpc) is 3.56. The van der Waals surface area contributed by atoms with Gasteiger partial charge in [-0.25, -0.2) is 4.98 Å². The molecule has 2 amide bonds. The van der Waals surface area contributed by atoms with Gasteiger partial charge in [0.2, 0.25) is 5.91 Å². The number of nitrogens with zero attached hydrogens (tertiary/aromatic N) is 2. The highest BCUT2D eigenvalue weighted by Crippen LogP contribution is 2.34. The molecule has 1 aromatic heterocycles. The summed E-state index contributed by atoms with van der Waals surface area (Å²) in [6.07, 6.45) is 3.78. The summed E-state index contributed by atoms with van der Waals surface area (Å²) in [4.78, 5) is 31.2. The molecule has 6 nitrogen and oxygen atoms in total. The Balaban J connectivity index is 1.12. The van der Waals surface area contributed by atoms with E-state index in [0.29, 0.717) is 17.4 Å². The summed E-state index contributed by atoms with van der Waals surface area (Å²) in [6.45, 7) is 1.45. The van der Waals surface area contributed by atoms with Crippen LogP contribution in [-0.2, 0) is 9.59 Å². The second-order valence-corrected chi connectivity index (χ2v) is 9.32. The number of fused-ring (bicyclic) bond motifs is 1. The highest BCUT2D eigenvalue weighted by atomic mass is 32.1. The Bertz CT molecular complexity index is 1070. The number of thiazole rings is 1. The first-order valence-electron chi connectivity index (χ1n) is 10.8. The zero-order valence-electron chi connectivity index (χ0n) is 17.3. The Labute approximate surface area is 185 Å². The minimum Gasteiger partial charge on any atom is -0.484 e. The fourth-order valence-electron chi connectivity index (χ4n) is 3.93. The number of likely N-dealkylation sites (tertiary alicyclic amines) is 1. The predicted octanol–water partition coefficient (Wildman–Crippen LogP) is 4.43. The molecule has 2 aromatic carbocycles. The molecule has 5 rings (SSSR count). The van der Waals surface area contributed by atoms with E-state index in [2.05, 4.69) is 17.4 Å². The highest BCUT2D eigenvalue weighted by molar-refractivity contribution is 7.18. The second-order valence-electron chi connectivity index (χ2n) is 8.25. The first-order valence-corrected chi connectivity index (χ1v) is 11.6. The van der Waals surface area contributed by atoms with Crippen LogP contribution < -0.4 is 10.1 Å². The molecule has 1 N–H and O–H groups in total. The number of benzene rings is 2. The van der Waals surface area contributed by atoms with Crippen LogP contribution in [-0.4, -0.2) is 41.4 Å². The molecule has 160 valence electrons. The number of anilines is 1. The Kier molecular flexibility index (Phi) is 5.59. The number of carbonyl (C=O) groups is 2. The topological polar surface area (TPSA) is 71.5 Å². The molecule has 2 heterocycles. The van der Waals surface area contributed by atoms with Crippen molar-refractivity contribution in [2.24, 2.45) is 5.92 Å². The van der Waals surface area contributed by atoms with Gasteiger partial charge in [0.25, 0.3) is 5.91 Å². The summed E-state index contributed by atoms with van der Waals surface area (Å²) in [6, 6.07) is 15.5. The van der Waals surface area contributed by atoms with Crippen molar-refractivity contribution < 1.29 is 14.3 Å². The number of hydrogen-bond acceptors (Lipinski definition) is 5. The number of nitrogens with one attached hydrogen (secondary N) is 1. The molecular weight excluding hydrogens is 410 g/mol. The molecule has 0 bridgehead atoms. The fourth-order valence-corrected chi connectivity index (χ4v) is 5.07. The van der Waals surface area contributed by atoms with Gasteiger partial charge in [0, 0.05) is 36.7 Å². The molecule has 1 saturated carbocycles. The molecule has 2 aliphatic rings. The van der Waals surface area contributed by atoms with Gasteiger partial charge in [-0.05, 0) is 49.9 Å². The Morgan fingerprint density at radius 2 is 1.87 bits per heavy atom. The van der Waals surface area contributed by atoms with Crippen molar-refractivity contribution in [3.63, 3.8) is 0 Å². The Morgan fingerprint density at radius 3 is 2.65 bits per heavy atom. The van der Waals surface area contributed by atoms with Crippen molar-refractivity contribution >= 4 is 39.1 Å². The van der Waals surface area contributed by atoms with E-state index in [1.54, 1.807) is 23.5 Å². The Hall–Kier alpha value is -2.93. The van der Waals surface area contributed by atoms with E-state index in [1.165, 1.54) is 9.71 Å². The van der Waals surface area contributed by atoms with Crippen molar-refractivity contribution in [3.05, 3.63) is 53.5 Å². The van der Waals surface area contributed by atoms with Gasteiger partial charge in [0.15, 0.2) is 6.61 Å². The molecule has 3 aromatic rings. The third kappa shape index (κ3) is 4.71. The molecule has 1 aliphatic heterocycles. The van der Waals surface area contributed by atoms with E-state index < -0.39 is 0 Å². The van der Waals surface area contributed by atoms with Gasteiger partial charge in [-0.3, -0.25) is 9.59 Å². The number of para-hydroxylation sites is 1. The maximum Gasteiger partial charge on any atom is 0.260 e. The molecule has 0 unspecified atom stereocenters. The van der Waals surface area contributed by atoms with Crippen LogP contribution in [0.3, 0.4) is 0 Å². The van der Waals surface area contributed by atoms with Gasteiger partial charge >= 0.3 is 0 Å². The number of ether oxygens (including phenoxy) is 1. The summed E-state index contributed by atoms with van der Waals surface area (Å²) >= 11 is 1.76. The molecule has 1 aliphatic carbocycles. The maximum atomic E-state index is 12.6. The third-order valence-electron chi connectivity index (χ3n) is 5.92. The van der Waals surface area contributed by atoms with E-state index in [9.17, 15) is 9.59 Å². The molecule has 7 heteroatoms. The Morgan fingerprint density at radius 1 is 1.06 bits per heavy atom. The minimum absolute atomic E-state index is 0.00447. The van der Waals surface area contributed by atoms with Crippen molar-refractivity contribution in [2.75, 3.05) is 25.0 Å². The molecular formula is C24H25N3O3S. The SMILES string of the molecule is O=C(Nc1cccc(OCC(=O)N2CCC(c3nc4ccccc4s3)CC2)c1)C1CC1. The second kappa shape index (κ2) is 8.67. The summed E-state index contributed by atoms with van der Waals surface area (Å²) in [5.41, 5.74) is 1.77. The predicted molar refractivity (Wildman–Crippen MR) is 121 cm³/mol. The van der Waals surface area contributed by atoms with Gasteiger partial charge in [-0.2, -0.15) is 0 Å². The monoisotopic (exact) mass is 435 g/mol. The number of hydrogen-bond donors (Lipinski definition) is 1. The van der Waals surface area contributed by atoms with E-state index in [1.807, 2.05) is 29.2 Å². The number of carbonyl (C=O) groups excluding carboxylic acids is 2. The van der Waals surface area contributed by atoms with E-state index in [0.717, 1.165) is 44.3 Å². The van der Waals surface area contributed by atoms with Crippen LogP contribution in [0.2, 0.25) is 0 Å². The largest absolute Gasteiger partial charge is 0.484 e. The van der Waals surface area contributed by atoms with Gasteiger partial charge in [-0.1, -0.05) is 18.2 Å².